The van der Waals surface area contributed by atoms with Crippen LogP contribution in [0.25, 0.3) is 28.2 Å². The van der Waals surface area contributed by atoms with Gasteiger partial charge in [0.2, 0.25) is 0 Å². The molecule has 0 saturated carbocycles. The third-order valence-electron chi connectivity index (χ3n) is 4.52. The van der Waals surface area contributed by atoms with Crippen molar-refractivity contribution >= 4 is 5.65 Å². The molecule has 0 radical (unpaired) electrons. The summed E-state index contributed by atoms with van der Waals surface area (Å²) in [4.78, 5) is 0. The maximum absolute atomic E-state index is 5.62. The van der Waals surface area contributed by atoms with Gasteiger partial charge in [0.05, 0.1) is 20.8 Å². The second kappa shape index (κ2) is 7.60. The van der Waals surface area contributed by atoms with Crippen LogP contribution in [0.5, 0.6) is 17.2 Å². The van der Waals surface area contributed by atoms with E-state index in [4.69, 9.17) is 14.2 Å². The van der Waals surface area contributed by atoms with E-state index in [-0.39, 0.29) is 0 Å². The van der Waals surface area contributed by atoms with Gasteiger partial charge in [-0.2, -0.15) is 0 Å². The molecule has 0 fully saturated rings. The molecule has 0 aliphatic rings. The minimum atomic E-state index is 0.636. The predicted molar refractivity (Wildman–Crippen MR) is 108 cm³/mol. The van der Waals surface area contributed by atoms with Crippen molar-refractivity contribution in [2.45, 2.75) is 6.92 Å². The van der Waals surface area contributed by atoms with E-state index in [2.05, 4.69) is 16.3 Å². The Hall–Kier alpha value is -3.54. The first kappa shape index (κ1) is 17.9. The van der Waals surface area contributed by atoms with E-state index in [1.54, 1.807) is 14.2 Å². The Morgan fingerprint density at radius 1 is 0.821 bits per heavy atom. The smallest absolute Gasteiger partial charge is 0.168 e. The molecular formula is C22H21N3O3. The summed E-state index contributed by atoms with van der Waals surface area (Å²) in [5.41, 5.74) is 3.79. The van der Waals surface area contributed by atoms with Crippen LogP contribution in [0, 0.1) is 0 Å². The van der Waals surface area contributed by atoms with Gasteiger partial charge < -0.3 is 14.2 Å². The lowest BCUT2D eigenvalue weighted by atomic mass is 10.1. The van der Waals surface area contributed by atoms with Crippen LogP contribution in [-0.2, 0) is 0 Å². The molecular weight excluding hydrogens is 354 g/mol. The van der Waals surface area contributed by atoms with Crippen LogP contribution in [0.2, 0.25) is 0 Å². The number of nitrogens with zero attached hydrogens (tertiary/aromatic N) is 3. The van der Waals surface area contributed by atoms with E-state index in [1.807, 2.05) is 66.1 Å². The summed E-state index contributed by atoms with van der Waals surface area (Å²) in [5, 5.41) is 8.66. The first-order valence-corrected chi connectivity index (χ1v) is 9.04. The molecule has 4 aromatic rings. The zero-order valence-corrected chi connectivity index (χ0v) is 16.0. The SMILES string of the molecule is CCOc1cccc(-c2ccc3nnc(-c4ccc(OC)c(OC)c4)n3c2)c1. The fourth-order valence-electron chi connectivity index (χ4n) is 3.17. The Morgan fingerprint density at radius 2 is 1.64 bits per heavy atom. The number of ether oxygens (including phenoxy) is 3. The van der Waals surface area contributed by atoms with E-state index in [1.165, 1.54) is 0 Å². The van der Waals surface area contributed by atoms with Crippen molar-refractivity contribution in [1.82, 2.24) is 14.6 Å². The molecule has 2 heterocycles. The number of aromatic nitrogens is 3. The second-order valence-corrected chi connectivity index (χ2v) is 6.20. The van der Waals surface area contributed by atoms with Crippen molar-refractivity contribution in [3.05, 3.63) is 60.8 Å². The molecule has 4 rings (SSSR count). The molecule has 0 atom stereocenters. The van der Waals surface area contributed by atoms with Crippen molar-refractivity contribution in [3.8, 4) is 39.8 Å². The van der Waals surface area contributed by atoms with Crippen molar-refractivity contribution in [2.75, 3.05) is 20.8 Å². The number of benzene rings is 2. The summed E-state index contributed by atoms with van der Waals surface area (Å²) in [6.45, 7) is 2.61. The fourth-order valence-corrected chi connectivity index (χ4v) is 3.17. The second-order valence-electron chi connectivity index (χ2n) is 6.20. The van der Waals surface area contributed by atoms with Crippen LogP contribution in [0.3, 0.4) is 0 Å². The van der Waals surface area contributed by atoms with Gasteiger partial charge in [0.1, 0.15) is 5.75 Å². The Bertz CT molecular complexity index is 1120. The van der Waals surface area contributed by atoms with Crippen LogP contribution >= 0.6 is 0 Å². The third-order valence-corrected chi connectivity index (χ3v) is 4.52. The number of hydrogen-bond donors (Lipinski definition) is 0. The van der Waals surface area contributed by atoms with Gasteiger partial charge in [0.15, 0.2) is 23.0 Å². The van der Waals surface area contributed by atoms with Crippen LogP contribution in [0.4, 0.5) is 0 Å². The molecule has 2 aromatic heterocycles. The summed E-state index contributed by atoms with van der Waals surface area (Å²) in [7, 11) is 3.24. The van der Waals surface area contributed by atoms with Crippen molar-refractivity contribution < 1.29 is 14.2 Å². The monoisotopic (exact) mass is 375 g/mol. The van der Waals surface area contributed by atoms with E-state index >= 15 is 0 Å². The topological polar surface area (TPSA) is 57.9 Å². The quantitative estimate of drug-likeness (QED) is 0.497. The average molecular weight is 375 g/mol. The molecule has 6 nitrogen and oxygen atoms in total. The van der Waals surface area contributed by atoms with Gasteiger partial charge in [-0.25, -0.2) is 0 Å². The molecule has 142 valence electrons. The minimum absolute atomic E-state index is 0.636. The Balaban J connectivity index is 1.80. The predicted octanol–water partition coefficient (Wildman–Crippen LogP) is 4.48. The molecule has 0 saturated heterocycles. The Kier molecular flexibility index (Phi) is 4.85. The van der Waals surface area contributed by atoms with Gasteiger partial charge in [-0.05, 0) is 60.5 Å². The highest BCUT2D eigenvalue weighted by Crippen LogP contribution is 2.32. The summed E-state index contributed by atoms with van der Waals surface area (Å²) >= 11 is 0. The largest absolute Gasteiger partial charge is 0.494 e. The fraction of sp³-hybridized carbons (Fsp3) is 0.182. The minimum Gasteiger partial charge on any atom is -0.494 e. The van der Waals surface area contributed by atoms with E-state index in [9.17, 15) is 0 Å². The highest BCUT2D eigenvalue weighted by Gasteiger charge is 2.13. The van der Waals surface area contributed by atoms with Crippen molar-refractivity contribution in [3.63, 3.8) is 0 Å². The van der Waals surface area contributed by atoms with Crippen LogP contribution < -0.4 is 14.2 Å². The van der Waals surface area contributed by atoms with Crippen LogP contribution in [0.15, 0.2) is 60.8 Å². The Morgan fingerprint density at radius 3 is 2.43 bits per heavy atom. The first-order chi connectivity index (χ1) is 13.7. The molecule has 6 heteroatoms. The summed E-state index contributed by atoms with van der Waals surface area (Å²) in [5.74, 6) is 2.91. The number of fused-ring (bicyclic) bond motifs is 1. The highest BCUT2D eigenvalue weighted by molar-refractivity contribution is 5.69. The standard InChI is InChI=1S/C22H21N3O3/c1-4-28-18-7-5-6-15(12-18)17-9-11-21-23-24-22(25(21)14-17)16-8-10-19(26-2)20(13-16)27-3/h5-14H,4H2,1-3H3. The van der Waals surface area contributed by atoms with E-state index in [0.717, 1.165) is 33.9 Å². The average Bonchev–Trinajstić information content (AvgIpc) is 3.17. The number of hydrogen-bond acceptors (Lipinski definition) is 5. The maximum Gasteiger partial charge on any atom is 0.168 e. The molecule has 0 N–H and O–H groups in total. The van der Waals surface area contributed by atoms with Gasteiger partial charge in [0.25, 0.3) is 0 Å². The van der Waals surface area contributed by atoms with E-state index in [0.29, 0.717) is 18.1 Å². The van der Waals surface area contributed by atoms with Gasteiger partial charge in [-0.15, -0.1) is 10.2 Å². The molecule has 0 bridgehead atoms. The maximum atomic E-state index is 5.62. The highest BCUT2D eigenvalue weighted by atomic mass is 16.5. The van der Waals surface area contributed by atoms with Crippen LogP contribution in [0.1, 0.15) is 6.92 Å². The molecule has 0 amide bonds. The van der Waals surface area contributed by atoms with Gasteiger partial charge in [-0.3, -0.25) is 4.40 Å². The lowest BCUT2D eigenvalue weighted by Crippen LogP contribution is -1.94. The summed E-state index contributed by atoms with van der Waals surface area (Å²) < 4.78 is 18.3. The lowest BCUT2D eigenvalue weighted by molar-refractivity contribution is 0.340. The van der Waals surface area contributed by atoms with Crippen LogP contribution in [-0.4, -0.2) is 35.4 Å². The number of methoxy groups -OCH3 is 2. The summed E-state index contributed by atoms with van der Waals surface area (Å²) in [6.07, 6.45) is 2.03. The first-order valence-electron chi connectivity index (χ1n) is 9.04. The molecule has 0 unspecified atom stereocenters. The third kappa shape index (κ3) is 3.24. The molecule has 28 heavy (non-hydrogen) atoms. The molecule has 0 aliphatic carbocycles. The van der Waals surface area contributed by atoms with Gasteiger partial charge in [0, 0.05) is 11.8 Å². The van der Waals surface area contributed by atoms with Crippen molar-refractivity contribution in [2.24, 2.45) is 0 Å². The number of rotatable bonds is 6. The zero-order valence-electron chi connectivity index (χ0n) is 16.0. The van der Waals surface area contributed by atoms with E-state index < -0.39 is 0 Å². The Labute approximate surface area is 163 Å². The zero-order chi connectivity index (χ0) is 19.5. The van der Waals surface area contributed by atoms with Gasteiger partial charge in [-0.1, -0.05) is 12.1 Å². The van der Waals surface area contributed by atoms with Crippen molar-refractivity contribution in [1.29, 1.82) is 0 Å². The molecule has 0 spiro atoms. The normalized spacial score (nSPS) is 10.8. The molecule has 2 aromatic carbocycles. The number of pyridine rings is 1. The summed E-state index contributed by atoms with van der Waals surface area (Å²) in [6, 6.07) is 17.7. The lowest BCUT2D eigenvalue weighted by Gasteiger charge is -2.10. The van der Waals surface area contributed by atoms with Gasteiger partial charge >= 0.3 is 0 Å². The molecule has 0 aliphatic heterocycles.